The van der Waals surface area contributed by atoms with Crippen LogP contribution in [0.1, 0.15) is 11.1 Å². The Balaban J connectivity index is 1.55. The number of sulfonamides is 1. The molecular weight excluding hydrogens is 381 g/mol. The van der Waals surface area contributed by atoms with Crippen molar-refractivity contribution in [1.29, 1.82) is 0 Å². The first-order valence-corrected chi connectivity index (χ1v) is 10.5. The van der Waals surface area contributed by atoms with Crippen LogP contribution in [-0.2, 0) is 14.8 Å². The molecule has 1 heterocycles. The molecule has 0 saturated carbocycles. The summed E-state index contributed by atoms with van der Waals surface area (Å²) in [4.78, 5) is 14.3. The van der Waals surface area contributed by atoms with Crippen LogP contribution >= 0.6 is 0 Å². The molecule has 6 nitrogen and oxygen atoms in total. The van der Waals surface area contributed by atoms with E-state index in [-0.39, 0.29) is 30.4 Å². The van der Waals surface area contributed by atoms with Crippen LogP contribution in [0.3, 0.4) is 0 Å². The van der Waals surface area contributed by atoms with Crippen LogP contribution in [0, 0.1) is 19.7 Å². The Bertz CT molecular complexity index is 953. The van der Waals surface area contributed by atoms with Crippen LogP contribution in [-0.4, -0.2) is 56.3 Å². The molecule has 1 fully saturated rings. The number of carbonyl (C=O) groups is 1. The molecule has 0 aliphatic carbocycles. The van der Waals surface area contributed by atoms with Crippen molar-refractivity contribution in [2.75, 3.05) is 38.0 Å². The Morgan fingerprint density at radius 2 is 1.68 bits per heavy atom. The van der Waals surface area contributed by atoms with Gasteiger partial charge in [0.1, 0.15) is 5.82 Å². The minimum atomic E-state index is -3.65. The van der Waals surface area contributed by atoms with E-state index in [9.17, 15) is 17.6 Å². The van der Waals surface area contributed by atoms with Gasteiger partial charge in [-0.15, -0.1) is 0 Å². The number of amides is 1. The highest BCUT2D eigenvalue weighted by atomic mass is 32.2. The highest BCUT2D eigenvalue weighted by Crippen LogP contribution is 2.19. The van der Waals surface area contributed by atoms with Gasteiger partial charge in [-0.2, -0.15) is 4.31 Å². The van der Waals surface area contributed by atoms with E-state index in [2.05, 4.69) is 5.32 Å². The molecule has 1 amide bonds. The first kappa shape index (κ1) is 20.4. The first-order valence-electron chi connectivity index (χ1n) is 9.11. The van der Waals surface area contributed by atoms with E-state index in [1.54, 1.807) is 0 Å². The highest BCUT2D eigenvalue weighted by molar-refractivity contribution is 7.89. The molecule has 0 unspecified atom stereocenters. The smallest absolute Gasteiger partial charge is 0.243 e. The second-order valence-electron chi connectivity index (χ2n) is 7.00. The summed E-state index contributed by atoms with van der Waals surface area (Å²) in [6, 6.07) is 10.7. The molecular formula is C20H24FN3O3S. The Hall–Kier alpha value is -2.29. The number of hydrogen-bond donors (Lipinski definition) is 1. The maximum atomic E-state index is 13.0. The molecule has 0 spiro atoms. The predicted molar refractivity (Wildman–Crippen MR) is 106 cm³/mol. The van der Waals surface area contributed by atoms with Gasteiger partial charge in [0, 0.05) is 31.9 Å². The summed E-state index contributed by atoms with van der Waals surface area (Å²) in [5, 5.41) is 2.91. The van der Waals surface area contributed by atoms with Gasteiger partial charge in [0.25, 0.3) is 0 Å². The summed E-state index contributed by atoms with van der Waals surface area (Å²) in [7, 11) is -3.65. The number of carbonyl (C=O) groups excluding carboxylic acids is 1. The Morgan fingerprint density at radius 1 is 1.04 bits per heavy atom. The Labute approximate surface area is 165 Å². The Morgan fingerprint density at radius 3 is 2.29 bits per heavy atom. The zero-order valence-electron chi connectivity index (χ0n) is 16.0. The van der Waals surface area contributed by atoms with E-state index < -0.39 is 15.8 Å². The quantitative estimate of drug-likeness (QED) is 0.829. The fourth-order valence-electron chi connectivity index (χ4n) is 3.23. The average molecular weight is 405 g/mol. The van der Waals surface area contributed by atoms with Crippen molar-refractivity contribution in [3.05, 3.63) is 59.4 Å². The summed E-state index contributed by atoms with van der Waals surface area (Å²) < 4.78 is 39.7. The van der Waals surface area contributed by atoms with Crippen molar-refractivity contribution < 1.29 is 17.6 Å². The maximum Gasteiger partial charge on any atom is 0.243 e. The molecule has 150 valence electrons. The molecule has 0 radical (unpaired) electrons. The molecule has 0 aromatic heterocycles. The van der Waals surface area contributed by atoms with Gasteiger partial charge in [-0.1, -0.05) is 17.7 Å². The van der Waals surface area contributed by atoms with Crippen LogP contribution in [0.5, 0.6) is 0 Å². The number of anilines is 1. The minimum Gasteiger partial charge on any atom is -0.325 e. The van der Waals surface area contributed by atoms with Gasteiger partial charge in [0.2, 0.25) is 15.9 Å². The zero-order chi connectivity index (χ0) is 20.3. The lowest BCUT2D eigenvalue weighted by molar-refractivity contribution is -0.117. The fourth-order valence-corrected chi connectivity index (χ4v) is 4.65. The third kappa shape index (κ3) is 4.76. The minimum absolute atomic E-state index is 0.0786. The summed E-state index contributed by atoms with van der Waals surface area (Å²) in [6.07, 6.45) is 0. The van der Waals surface area contributed by atoms with Gasteiger partial charge in [0.15, 0.2) is 0 Å². The van der Waals surface area contributed by atoms with Crippen molar-refractivity contribution >= 4 is 21.6 Å². The van der Waals surface area contributed by atoms with Crippen LogP contribution < -0.4 is 5.32 Å². The van der Waals surface area contributed by atoms with Gasteiger partial charge < -0.3 is 5.32 Å². The molecule has 1 saturated heterocycles. The highest BCUT2D eigenvalue weighted by Gasteiger charge is 2.29. The number of halogens is 1. The van der Waals surface area contributed by atoms with E-state index in [1.165, 1.54) is 16.4 Å². The summed E-state index contributed by atoms with van der Waals surface area (Å²) in [5.74, 6) is -0.597. The van der Waals surface area contributed by atoms with Crippen molar-refractivity contribution in [3.63, 3.8) is 0 Å². The van der Waals surface area contributed by atoms with Gasteiger partial charge in [0.05, 0.1) is 11.4 Å². The second kappa shape index (κ2) is 8.38. The molecule has 0 atom stereocenters. The normalized spacial score (nSPS) is 16.1. The van der Waals surface area contributed by atoms with Crippen LogP contribution in [0.2, 0.25) is 0 Å². The summed E-state index contributed by atoms with van der Waals surface area (Å²) >= 11 is 0. The molecule has 3 rings (SSSR count). The maximum absolute atomic E-state index is 13.0. The first-order chi connectivity index (χ1) is 13.3. The average Bonchev–Trinajstić information content (AvgIpc) is 2.65. The number of piperazine rings is 1. The summed E-state index contributed by atoms with van der Waals surface area (Å²) in [5.41, 5.74) is 2.92. The molecule has 1 aliphatic heterocycles. The molecule has 1 aliphatic rings. The number of rotatable bonds is 5. The van der Waals surface area contributed by atoms with E-state index in [0.29, 0.717) is 13.1 Å². The monoisotopic (exact) mass is 405 g/mol. The van der Waals surface area contributed by atoms with E-state index in [4.69, 9.17) is 0 Å². The number of aryl methyl sites for hydroxylation is 2. The molecule has 0 bridgehead atoms. The number of benzene rings is 2. The molecule has 2 aromatic rings. The lowest BCUT2D eigenvalue weighted by Gasteiger charge is -2.33. The largest absolute Gasteiger partial charge is 0.325 e. The lowest BCUT2D eigenvalue weighted by Crippen LogP contribution is -2.50. The lowest BCUT2D eigenvalue weighted by atomic mass is 10.1. The summed E-state index contributed by atoms with van der Waals surface area (Å²) in [6.45, 7) is 5.64. The van der Waals surface area contributed by atoms with Crippen molar-refractivity contribution in [1.82, 2.24) is 9.21 Å². The van der Waals surface area contributed by atoms with Crippen molar-refractivity contribution in [3.8, 4) is 0 Å². The van der Waals surface area contributed by atoms with Gasteiger partial charge in [-0.3, -0.25) is 9.69 Å². The van der Waals surface area contributed by atoms with Gasteiger partial charge in [-0.25, -0.2) is 12.8 Å². The zero-order valence-corrected chi connectivity index (χ0v) is 16.8. The number of nitrogens with one attached hydrogen (secondary N) is 1. The van der Waals surface area contributed by atoms with Crippen molar-refractivity contribution in [2.45, 2.75) is 18.7 Å². The van der Waals surface area contributed by atoms with Crippen LogP contribution in [0.15, 0.2) is 47.4 Å². The standard InChI is InChI=1S/C20H24FN3O3S/c1-15-3-8-19(16(2)13-15)22-20(25)14-23-9-11-24(12-10-23)28(26,27)18-6-4-17(21)5-7-18/h3-8,13H,9-12,14H2,1-2H3,(H,22,25). The van der Waals surface area contributed by atoms with Crippen LogP contribution in [0.25, 0.3) is 0 Å². The van der Waals surface area contributed by atoms with Crippen molar-refractivity contribution in [2.24, 2.45) is 0 Å². The second-order valence-corrected chi connectivity index (χ2v) is 8.94. The number of nitrogens with zero attached hydrogens (tertiary/aromatic N) is 2. The fraction of sp³-hybridized carbons (Fsp3) is 0.350. The topological polar surface area (TPSA) is 69.7 Å². The molecule has 1 N–H and O–H groups in total. The SMILES string of the molecule is Cc1ccc(NC(=O)CN2CCN(S(=O)(=O)c3ccc(F)cc3)CC2)c(C)c1. The predicted octanol–water partition coefficient (Wildman–Crippen LogP) is 2.39. The van der Waals surface area contributed by atoms with E-state index >= 15 is 0 Å². The van der Waals surface area contributed by atoms with E-state index in [0.717, 1.165) is 28.9 Å². The van der Waals surface area contributed by atoms with Crippen LogP contribution in [0.4, 0.5) is 10.1 Å². The third-order valence-corrected chi connectivity index (χ3v) is 6.72. The molecule has 8 heteroatoms. The number of hydrogen-bond acceptors (Lipinski definition) is 4. The van der Waals surface area contributed by atoms with Gasteiger partial charge in [-0.05, 0) is 49.7 Å². The van der Waals surface area contributed by atoms with Gasteiger partial charge >= 0.3 is 0 Å². The van der Waals surface area contributed by atoms with E-state index in [1.807, 2.05) is 36.9 Å². The third-order valence-electron chi connectivity index (χ3n) is 4.81. The Kier molecular flexibility index (Phi) is 6.12. The molecule has 28 heavy (non-hydrogen) atoms. The molecule has 2 aromatic carbocycles.